The van der Waals surface area contributed by atoms with Crippen molar-refractivity contribution in [3.8, 4) is 16.6 Å². The Kier molecular flexibility index (Phi) is 4.79. The van der Waals surface area contributed by atoms with Crippen LogP contribution in [-0.4, -0.2) is 41.7 Å². The number of hydrogen-bond acceptors (Lipinski definition) is 7. The van der Waals surface area contributed by atoms with Gasteiger partial charge in [0.2, 0.25) is 0 Å². The van der Waals surface area contributed by atoms with Crippen LogP contribution in [0.1, 0.15) is 27.3 Å². The summed E-state index contributed by atoms with van der Waals surface area (Å²) in [4.78, 5) is 26.4. The summed E-state index contributed by atoms with van der Waals surface area (Å²) in [6.07, 6.45) is 2.04. The van der Waals surface area contributed by atoms with Crippen LogP contribution in [0.25, 0.3) is 10.6 Å². The van der Waals surface area contributed by atoms with Crippen LogP contribution >= 0.6 is 11.3 Å². The molecule has 156 valence electrons. The number of halogens is 1. The van der Waals surface area contributed by atoms with Crippen molar-refractivity contribution < 1.29 is 9.18 Å². The minimum atomic E-state index is -0.803. The van der Waals surface area contributed by atoms with Gasteiger partial charge in [0.1, 0.15) is 27.9 Å². The number of aromatic nitrogens is 2. The molecule has 4 heterocycles. The number of hydrogen-bond donors (Lipinski definition) is 1. The molecule has 1 aromatic carbocycles. The Balaban J connectivity index is 1.42. The van der Waals surface area contributed by atoms with Crippen LogP contribution in [-0.2, 0) is 6.42 Å². The van der Waals surface area contributed by atoms with E-state index in [0.717, 1.165) is 22.1 Å². The second kappa shape index (κ2) is 7.63. The number of pyridine rings is 1. The van der Waals surface area contributed by atoms with E-state index in [1.165, 1.54) is 11.3 Å². The minimum absolute atomic E-state index is 0.178. The lowest BCUT2D eigenvalue weighted by molar-refractivity contribution is 0.0984. The summed E-state index contributed by atoms with van der Waals surface area (Å²) >= 11 is 1.32. The Labute approximate surface area is 182 Å². The van der Waals surface area contributed by atoms with Crippen LogP contribution in [0.3, 0.4) is 0 Å². The lowest BCUT2D eigenvalue weighted by atomic mass is 10.1. The molecule has 7 nitrogen and oxygen atoms in total. The summed E-state index contributed by atoms with van der Waals surface area (Å²) in [5.74, 6) is 0.570. The number of nitrogens with two attached hydrogens (primary N) is 1. The van der Waals surface area contributed by atoms with Gasteiger partial charge in [-0.25, -0.2) is 14.4 Å². The number of fused-ring (bicyclic) bond motifs is 1. The minimum Gasteiger partial charge on any atom is -0.398 e. The third-order valence-electron chi connectivity index (χ3n) is 5.64. The maximum absolute atomic E-state index is 13.5. The highest BCUT2D eigenvalue weighted by atomic mass is 32.1. The van der Waals surface area contributed by atoms with Gasteiger partial charge in [-0.15, -0.1) is 11.3 Å². The largest absolute Gasteiger partial charge is 0.398 e. The molecule has 2 aliphatic heterocycles. The molecule has 0 aliphatic carbocycles. The van der Waals surface area contributed by atoms with E-state index in [2.05, 4.69) is 16.0 Å². The SMILES string of the molecule is N#Cc1c(N)cccc1N1CCc2nc(-c3ccc(N4CC[C@H](F)C4)nc3)sc2C1=O. The number of alkyl halides is 1. The van der Waals surface area contributed by atoms with Crippen molar-refractivity contribution in [2.45, 2.75) is 19.0 Å². The maximum Gasteiger partial charge on any atom is 0.270 e. The molecular formula is C22H19FN6OS. The molecule has 0 saturated carbocycles. The zero-order valence-corrected chi connectivity index (χ0v) is 17.4. The van der Waals surface area contributed by atoms with Gasteiger partial charge in [0.15, 0.2) is 0 Å². The van der Waals surface area contributed by atoms with E-state index in [9.17, 15) is 14.4 Å². The molecule has 5 rings (SSSR count). The fourth-order valence-electron chi connectivity index (χ4n) is 4.01. The first-order chi connectivity index (χ1) is 15.0. The van der Waals surface area contributed by atoms with Crippen molar-refractivity contribution >= 4 is 34.4 Å². The van der Waals surface area contributed by atoms with Crippen LogP contribution in [0.4, 0.5) is 21.6 Å². The van der Waals surface area contributed by atoms with E-state index in [1.54, 1.807) is 29.3 Å². The molecule has 0 spiro atoms. The molecule has 2 aromatic heterocycles. The molecule has 1 amide bonds. The topological polar surface area (TPSA) is 99.1 Å². The second-order valence-electron chi connectivity index (χ2n) is 7.59. The molecule has 0 unspecified atom stereocenters. The van der Waals surface area contributed by atoms with Gasteiger partial charge in [-0.2, -0.15) is 5.26 Å². The van der Waals surface area contributed by atoms with Gasteiger partial charge in [-0.1, -0.05) is 6.07 Å². The molecular weight excluding hydrogens is 415 g/mol. The Bertz CT molecular complexity index is 1200. The van der Waals surface area contributed by atoms with E-state index < -0.39 is 6.17 Å². The standard InChI is InChI=1S/C22H19FN6OS/c23-14-6-8-28(12-14)19-5-4-13(11-26-19)21-27-17-7-9-29(22(30)20(17)31-21)18-3-1-2-16(25)15(18)10-24/h1-5,11,14H,6-9,12,25H2/t14-/m0/s1. The van der Waals surface area contributed by atoms with Crippen molar-refractivity contribution in [3.63, 3.8) is 0 Å². The fourth-order valence-corrected chi connectivity index (χ4v) is 5.06. The van der Waals surface area contributed by atoms with Gasteiger partial charge in [-0.05, 0) is 30.7 Å². The number of nitrogens with zero attached hydrogens (tertiary/aromatic N) is 5. The summed E-state index contributed by atoms with van der Waals surface area (Å²) in [6.45, 7) is 1.47. The predicted molar refractivity (Wildman–Crippen MR) is 118 cm³/mol. The van der Waals surface area contributed by atoms with E-state index in [-0.39, 0.29) is 5.91 Å². The molecule has 31 heavy (non-hydrogen) atoms. The normalized spacial score (nSPS) is 18.2. The molecule has 0 radical (unpaired) electrons. The fraction of sp³-hybridized carbons (Fsp3) is 0.273. The lowest BCUT2D eigenvalue weighted by Crippen LogP contribution is -2.37. The Morgan fingerprint density at radius 3 is 2.84 bits per heavy atom. The molecule has 1 saturated heterocycles. The molecule has 2 N–H and O–H groups in total. The van der Waals surface area contributed by atoms with Crippen molar-refractivity contribution in [1.29, 1.82) is 5.26 Å². The zero-order chi connectivity index (χ0) is 21.5. The van der Waals surface area contributed by atoms with Crippen LogP contribution in [0.15, 0.2) is 36.5 Å². The molecule has 9 heteroatoms. The second-order valence-corrected chi connectivity index (χ2v) is 8.59. The Morgan fingerprint density at radius 1 is 1.26 bits per heavy atom. The molecule has 3 aromatic rings. The molecule has 2 aliphatic rings. The Morgan fingerprint density at radius 2 is 2.13 bits per heavy atom. The van der Waals surface area contributed by atoms with Gasteiger partial charge < -0.3 is 15.5 Å². The number of nitrogen functional groups attached to an aromatic ring is 1. The maximum atomic E-state index is 13.5. The number of thiazole rings is 1. The van der Waals surface area contributed by atoms with Crippen molar-refractivity contribution in [2.75, 3.05) is 35.2 Å². The van der Waals surface area contributed by atoms with Gasteiger partial charge in [0.05, 0.1) is 29.2 Å². The van der Waals surface area contributed by atoms with Crippen LogP contribution in [0.2, 0.25) is 0 Å². The highest BCUT2D eigenvalue weighted by molar-refractivity contribution is 7.17. The van der Waals surface area contributed by atoms with E-state index >= 15 is 0 Å². The highest BCUT2D eigenvalue weighted by Crippen LogP contribution is 2.35. The first-order valence-corrected chi connectivity index (χ1v) is 10.8. The smallest absolute Gasteiger partial charge is 0.270 e. The predicted octanol–water partition coefficient (Wildman–Crippen LogP) is 3.41. The molecule has 1 atom stereocenters. The summed E-state index contributed by atoms with van der Waals surface area (Å²) in [7, 11) is 0. The summed E-state index contributed by atoms with van der Waals surface area (Å²) in [5.41, 5.74) is 8.68. The van der Waals surface area contributed by atoms with Crippen molar-refractivity contribution in [3.05, 3.63) is 52.7 Å². The van der Waals surface area contributed by atoms with Gasteiger partial charge in [-0.3, -0.25) is 4.79 Å². The average molecular weight is 435 g/mol. The highest BCUT2D eigenvalue weighted by Gasteiger charge is 2.31. The number of amides is 1. The quantitative estimate of drug-likeness (QED) is 0.634. The van der Waals surface area contributed by atoms with Crippen LogP contribution < -0.4 is 15.5 Å². The van der Waals surface area contributed by atoms with E-state index in [1.807, 2.05) is 17.0 Å². The summed E-state index contributed by atoms with van der Waals surface area (Å²) < 4.78 is 13.5. The Hall–Kier alpha value is -3.51. The summed E-state index contributed by atoms with van der Waals surface area (Å²) in [5, 5.41) is 10.2. The van der Waals surface area contributed by atoms with Gasteiger partial charge in [0.25, 0.3) is 5.91 Å². The van der Waals surface area contributed by atoms with Gasteiger partial charge >= 0.3 is 0 Å². The number of carbonyl (C=O) groups is 1. The van der Waals surface area contributed by atoms with E-state index in [4.69, 9.17) is 5.73 Å². The lowest BCUT2D eigenvalue weighted by Gasteiger charge is -2.27. The number of anilines is 3. The first-order valence-electron chi connectivity index (χ1n) is 10.0. The molecule has 1 fully saturated rings. The third kappa shape index (κ3) is 3.39. The van der Waals surface area contributed by atoms with Gasteiger partial charge in [0, 0.05) is 31.3 Å². The molecule has 0 bridgehead atoms. The van der Waals surface area contributed by atoms with E-state index in [0.29, 0.717) is 54.3 Å². The monoisotopic (exact) mass is 434 g/mol. The van der Waals surface area contributed by atoms with Crippen LogP contribution in [0.5, 0.6) is 0 Å². The van der Waals surface area contributed by atoms with Crippen LogP contribution in [0, 0.1) is 11.3 Å². The third-order valence-corrected chi connectivity index (χ3v) is 6.77. The van der Waals surface area contributed by atoms with Crippen molar-refractivity contribution in [1.82, 2.24) is 9.97 Å². The summed E-state index contributed by atoms with van der Waals surface area (Å²) in [6, 6.07) is 11.0. The number of benzene rings is 1. The number of carbonyl (C=O) groups excluding carboxylic acids is 1. The first kappa shape index (κ1) is 19.5. The van der Waals surface area contributed by atoms with Crippen molar-refractivity contribution in [2.24, 2.45) is 0 Å². The zero-order valence-electron chi connectivity index (χ0n) is 16.6. The average Bonchev–Trinajstić information content (AvgIpc) is 3.41. The number of rotatable bonds is 3. The number of nitriles is 1.